The van der Waals surface area contributed by atoms with Gasteiger partial charge < -0.3 is 68.5 Å². The van der Waals surface area contributed by atoms with Crippen LogP contribution < -0.4 is 43.0 Å². The highest BCUT2D eigenvalue weighted by Gasteiger charge is 2.24. The van der Waals surface area contributed by atoms with Crippen LogP contribution in [0.3, 0.4) is 0 Å². The number of nitrogens with two attached hydrogens (primary N) is 2. The lowest BCUT2D eigenvalue weighted by Crippen LogP contribution is -2.53. The van der Waals surface area contributed by atoms with Gasteiger partial charge in [-0.25, -0.2) is 0 Å². The van der Waals surface area contributed by atoms with E-state index in [0.29, 0.717) is 78.0 Å². The van der Waals surface area contributed by atoms with Gasteiger partial charge in [-0.3, -0.25) is 4.79 Å². The van der Waals surface area contributed by atoms with E-state index in [-0.39, 0.29) is 71.3 Å². The van der Waals surface area contributed by atoms with Crippen molar-refractivity contribution in [3.05, 3.63) is 143 Å². The molecule has 0 aliphatic carbocycles. The van der Waals surface area contributed by atoms with Crippen LogP contribution >= 0.6 is 0 Å². The number of aromatic hydroxyl groups is 5. The number of hydrogen-bond acceptors (Lipinski definition) is 13. The molecule has 14 N–H and O–H groups in total. The molecular weight excluding hydrogens is 821 g/mol. The first-order valence-electron chi connectivity index (χ1n) is 22.6. The average Bonchev–Trinajstić information content (AvgIpc) is 3.28. The molecule has 0 aromatic heterocycles. The summed E-state index contributed by atoms with van der Waals surface area (Å²) in [6.07, 6.45) is 2.92. The lowest BCUT2D eigenvalue weighted by molar-refractivity contribution is -0.117. The molecule has 65 heavy (non-hydrogen) atoms. The van der Waals surface area contributed by atoms with Gasteiger partial charge in [-0.05, 0) is 122 Å². The normalized spacial score (nSPS) is 13.8. The first-order chi connectivity index (χ1) is 31.3. The second kappa shape index (κ2) is 26.2. The molecule has 0 spiro atoms. The van der Waals surface area contributed by atoms with Crippen molar-refractivity contribution in [1.82, 2.24) is 26.6 Å². The van der Waals surface area contributed by atoms with Gasteiger partial charge in [-0.1, -0.05) is 54.6 Å². The molecule has 14 nitrogen and oxygen atoms in total. The molecule has 5 aromatic rings. The Morgan fingerprint density at radius 3 is 1.55 bits per heavy atom. The molecule has 5 atom stereocenters. The SMILES string of the molecule is Cc1ccc(O)cc1N(CCNC[C@H](C)NC[C@@H](N)Cc1ccc(O)cc1)[C@H](CN[C@H](CN[C@H](CNCCC(N)=O)Cc1ccc(O)cc1)Cc1ccc(O)cc1)Cc1ccc(O)cc1. The monoisotopic (exact) mass is 891 g/mol. The van der Waals surface area contributed by atoms with Crippen molar-refractivity contribution in [3.8, 4) is 28.7 Å². The number of anilines is 1. The summed E-state index contributed by atoms with van der Waals surface area (Å²) in [7, 11) is 0. The maximum Gasteiger partial charge on any atom is 0.218 e. The van der Waals surface area contributed by atoms with E-state index in [0.717, 1.165) is 33.5 Å². The Hall–Kier alpha value is -5.87. The van der Waals surface area contributed by atoms with Crippen LogP contribution in [0.5, 0.6) is 28.7 Å². The van der Waals surface area contributed by atoms with E-state index in [9.17, 15) is 30.3 Å². The fourth-order valence-corrected chi connectivity index (χ4v) is 7.92. The van der Waals surface area contributed by atoms with E-state index in [4.69, 9.17) is 11.5 Å². The summed E-state index contributed by atoms with van der Waals surface area (Å²) in [5, 5.41) is 68.9. The molecule has 5 rings (SSSR count). The van der Waals surface area contributed by atoms with E-state index in [1.54, 1.807) is 54.6 Å². The lowest BCUT2D eigenvalue weighted by atomic mass is 10.00. The first-order valence-corrected chi connectivity index (χ1v) is 22.6. The number of nitrogens with one attached hydrogen (secondary N) is 5. The van der Waals surface area contributed by atoms with Gasteiger partial charge in [0.05, 0.1) is 0 Å². The molecule has 5 aromatic carbocycles. The zero-order valence-corrected chi connectivity index (χ0v) is 37.8. The van der Waals surface area contributed by atoms with Gasteiger partial charge in [0.1, 0.15) is 28.7 Å². The molecule has 0 radical (unpaired) electrons. The number of nitrogens with zero attached hydrogens (tertiary/aromatic N) is 1. The summed E-state index contributed by atoms with van der Waals surface area (Å²) in [6.45, 7) is 9.02. The molecule has 0 unspecified atom stereocenters. The number of phenols is 5. The molecule has 0 aliphatic heterocycles. The lowest BCUT2D eigenvalue weighted by Gasteiger charge is -2.37. The van der Waals surface area contributed by atoms with Crippen LogP contribution in [0.15, 0.2) is 115 Å². The molecule has 1 amide bonds. The van der Waals surface area contributed by atoms with Crippen LogP contribution in [0.1, 0.15) is 41.2 Å². The third-order valence-corrected chi connectivity index (χ3v) is 11.6. The highest BCUT2D eigenvalue weighted by molar-refractivity contribution is 5.73. The van der Waals surface area contributed by atoms with Gasteiger partial charge in [0, 0.05) is 101 Å². The molecular formula is C51H70N8O6. The third-order valence-electron chi connectivity index (χ3n) is 11.6. The van der Waals surface area contributed by atoms with Crippen LogP contribution in [0, 0.1) is 6.92 Å². The number of amides is 1. The van der Waals surface area contributed by atoms with Crippen molar-refractivity contribution in [2.24, 2.45) is 11.5 Å². The minimum absolute atomic E-state index is 0.0197. The second-order valence-electron chi connectivity index (χ2n) is 17.2. The molecule has 0 saturated heterocycles. The highest BCUT2D eigenvalue weighted by Crippen LogP contribution is 2.28. The van der Waals surface area contributed by atoms with E-state index in [1.807, 2.05) is 60.7 Å². The molecule has 0 aliphatic rings. The summed E-state index contributed by atoms with van der Waals surface area (Å²) < 4.78 is 0. The van der Waals surface area contributed by atoms with E-state index >= 15 is 0 Å². The number of primary amides is 1. The Morgan fingerprint density at radius 1 is 0.554 bits per heavy atom. The quantitative estimate of drug-likeness (QED) is 0.0306. The Bertz CT molecular complexity index is 2140. The molecule has 0 bridgehead atoms. The Morgan fingerprint density at radius 2 is 1.02 bits per heavy atom. The number of phenolic OH excluding ortho intramolecular Hbond substituents is 5. The minimum Gasteiger partial charge on any atom is -0.508 e. The summed E-state index contributed by atoms with van der Waals surface area (Å²) in [5.41, 5.74) is 18.1. The molecule has 0 fully saturated rings. The van der Waals surface area contributed by atoms with Gasteiger partial charge in [0.15, 0.2) is 0 Å². The maximum atomic E-state index is 11.5. The zero-order chi connectivity index (χ0) is 46.6. The summed E-state index contributed by atoms with van der Waals surface area (Å²) in [6, 6.07) is 34.3. The highest BCUT2D eigenvalue weighted by atomic mass is 16.3. The average molecular weight is 891 g/mol. The third kappa shape index (κ3) is 18.3. The van der Waals surface area contributed by atoms with Crippen LogP contribution in [0.25, 0.3) is 0 Å². The number of carbonyl (C=O) groups excluding carboxylic acids is 1. The first kappa shape index (κ1) is 50.1. The van der Waals surface area contributed by atoms with Crippen molar-refractivity contribution in [2.75, 3.05) is 57.3 Å². The van der Waals surface area contributed by atoms with Crippen molar-refractivity contribution < 1.29 is 30.3 Å². The largest absolute Gasteiger partial charge is 0.508 e. The summed E-state index contributed by atoms with van der Waals surface area (Å²) >= 11 is 0. The minimum atomic E-state index is -0.364. The van der Waals surface area contributed by atoms with Gasteiger partial charge >= 0.3 is 0 Å². The summed E-state index contributed by atoms with van der Waals surface area (Å²) in [4.78, 5) is 13.8. The fraction of sp³-hybridized carbons (Fsp3) is 0.392. The van der Waals surface area contributed by atoms with Gasteiger partial charge in [-0.15, -0.1) is 0 Å². The second-order valence-corrected chi connectivity index (χ2v) is 17.2. The van der Waals surface area contributed by atoms with E-state index < -0.39 is 0 Å². The van der Waals surface area contributed by atoms with Crippen molar-refractivity contribution >= 4 is 11.6 Å². The summed E-state index contributed by atoms with van der Waals surface area (Å²) in [5.74, 6) is 0.655. The van der Waals surface area contributed by atoms with Crippen LogP contribution in [-0.2, 0) is 30.5 Å². The zero-order valence-electron chi connectivity index (χ0n) is 37.8. The van der Waals surface area contributed by atoms with Crippen molar-refractivity contribution in [2.45, 2.75) is 76.2 Å². The number of aryl methyl sites for hydroxylation is 1. The standard InChI is InChI=1S/C51H70N8O6/c1-35-3-12-49(64)29-50(35)59(24-23-55-30-36(2)56-31-41(52)25-37-4-13-45(60)14-5-37)44(28-40-10-19-48(63)20-11-40)34-58-43(27-39-8-17-47(62)18-9-39)33-57-42(32-54-22-21-51(53)65)26-38-6-15-46(61)16-7-38/h3-20,29,36,41-44,54-58,60-64H,21-28,30-34,52H2,1-2H3,(H2,53,65)/t36-,41-,42-,43-,44-/m0/s1. The van der Waals surface area contributed by atoms with Crippen molar-refractivity contribution in [3.63, 3.8) is 0 Å². The molecule has 14 heteroatoms. The van der Waals surface area contributed by atoms with Crippen LogP contribution in [-0.4, -0.2) is 114 Å². The Balaban J connectivity index is 1.33. The topological polar surface area (TPSA) is 234 Å². The maximum absolute atomic E-state index is 11.5. The van der Waals surface area contributed by atoms with E-state index in [2.05, 4.69) is 45.3 Å². The van der Waals surface area contributed by atoms with Crippen molar-refractivity contribution in [1.29, 1.82) is 0 Å². The number of hydrogen-bond donors (Lipinski definition) is 12. The van der Waals surface area contributed by atoms with Crippen LogP contribution in [0.2, 0.25) is 0 Å². The van der Waals surface area contributed by atoms with Gasteiger partial charge in [0.25, 0.3) is 0 Å². The smallest absolute Gasteiger partial charge is 0.218 e. The van der Waals surface area contributed by atoms with Crippen LogP contribution in [0.4, 0.5) is 5.69 Å². The number of carbonyl (C=O) groups is 1. The van der Waals surface area contributed by atoms with Gasteiger partial charge in [0.2, 0.25) is 5.91 Å². The Labute approximate surface area is 384 Å². The number of rotatable bonds is 29. The predicted molar refractivity (Wildman–Crippen MR) is 260 cm³/mol. The number of benzene rings is 5. The molecule has 0 heterocycles. The predicted octanol–water partition coefficient (Wildman–Crippen LogP) is 3.95. The molecule has 350 valence electrons. The fourth-order valence-electron chi connectivity index (χ4n) is 7.92. The molecule has 0 saturated carbocycles. The van der Waals surface area contributed by atoms with Gasteiger partial charge in [-0.2, -0.15) is 0 Å². The Kier molecular flexibility index (Phi) is 20.2. The van der Waals surface area contributed by atoms with E-state index in [1.165, 1.54) is 0 Å².